The molecule has 4 rings (SSSR count). The molecule has 3 aromatic rings. The summed E-state index contributed by atoms with van der Waals surface area (Å²) in [5, 5.41) is 3.06. The van der Waals surface area contributed by atoms with Gasteiger partial charge in [-0.3, -0.25) is 4.57 Å². The third kappa shape index (κ3) is 3.98. The maximum atomic E-state index is 12.7. The van der Waals surface area contributed by atoms with Gasteiger partial charge < -0.3 is 15.1 Å². The molecule has 0 aliphatic carbocycles. The van der Waals surface area contributed by atoms with Crippen molar-refractivity contribution < 1.29 is 4.79 Å². The van der Waals surface area contributed by atoms with Gasteiger partial charge in [-0.1, -0.05) is 25.1 Å². The first kappa shape index (κ1) is 19.9. The van der Waals surface area contributed by atoms with Crippen LogP contribution >= 0.6 is 0 Å². The third-order valence-corrected chi connectivity index (χ3v) is 5.67. The summed E-state index contributed by atoms with van der Waals surface area (Å²) in [6.07, 6.45) is 4.25. The molecule has 0 bridgehead atoms. The van der Waals surface area contributed by atoms with Crippen molar-refractivity contribution in [2.45, 2.75) is 27.2 Å². The molecule has 0 radical (unpaired) electrons. The molecule has 2 aromatic heterocycles. The van der Waals surface area contributed by atoms with Gasteiger partial charge in [-0.05, 0) is 31.9 Å². The van der Waals surface area contributed by atoms with Gasteiger partial charge >= 0.3 is 6.03 Å². The van der Waals surface area contributed by atoms with E-state index in [0.717, 1.165) is 53.8 Å². The standard InChI is InChI=1S/C22H27N7O/c1-4-18-7-5-6-8-19(18)26-22(30)28-11-9-27(10-12-28)20-13-21(24-14-23-20)29-15-25-16(2)17(29)3/h5-8,13-15H,4,9-12H2,1-3H3,(H,26,30). The largest absolute Gasteiger partial charge is 0.353 e. The first-order valence-electron chi connectivity index (χ1n) is 10.3. The van der Waals surface area contributed by atoms with Gasteiger partial charge in [-0.25, -0.2) is 19.7 Å². The quantitative estimate of drug-likeness (QED) is 0.721. The van der Waals surface area contributed by atoms with Gasteiger partial charge in [0.05, 0.1) is 5.69 Å². The van der Waals surface area contributed by atoms with Gasteiger partial charge in [0.15, 0.2) is 0 Å². The molecule has 0 saturated carbocycles. The molecular formula is C22H27N7O. The zero-order valence-corrected chi connectivity index (χ0v) is 17.7. The second-order valence-electron chi connectivity index (χ2n) is 7.43. The molecule has 1 aliphatic rings. The number of benzene rings is 1. The van der Waals surface area contributed by atoms with Crippen LogP contribution in [0.5, 0.6) is 0 Å². The van der Waals surface area contributed by atoms with Crippen molar-refractivity contribution in [1.82, 2.24) is 24.4 Å². The predicted molar refractivity (Wildman–Crippen MR) is 117 cm³/mol. The van der Waals surface area contributed by atoms with Crippen LogP contribution in [-0.2, 0) is 6.42 Å². The first-order chi connectivity index (χ1) is 14.6. The Hall–Kier alpha value is -3.42. The van der Waals surface area contributed by atoms with E-state index in [1.807, 2.05) is 53.6 Å². The maximum absolute atomic E-state index is 12.7. The van der Waals surface area contributed by atoms with E-state index in [1.54, 1.807) is 12.7 Å². The molecule has 156 valence electrons. The molecular weight excluding hydrogens is 378 g/mol. The summed E-state index contributed by atoms with van der Waals surface area (Å²) in [5.74, 6) is 1.66. The minimum atomic E-state index is -0.0524. The Bertz CT molecular complexity index is 1040. The highest BCUT2D eigenvalue weighted by molar-refractivity contribution is 5.90. The first-order valence-corrected chi connectivity index (χ1v) is 10.3. The van der Waals surface area contributed by atoms with Crippen molar-refractivity contribution in [3.63, 3.8) is 0 Å². The average molecular weight is 406 g/mol. The number of hydrogen-bond donors (Lipinski definition) is 1. The normalized spacial score (nSPS) is 14.1. The van der Waals surface area contributed by atoms with Crippen LogP contribution in [-0.4, -0.2) is 56.6 Å². The number of amides is 2. The number of hydrogen-bond acceptors (Lipinski definition) is 5. The lowest BCUT2D eigenvalue weighted by molar-refractivity contribution is 0.208. The van der Waals surface area contributed by atoms with E-state index in [1.165, 1.54) is 0 Å². The smallest absolute Gasteiger partial charge is 0.321 e. The molecule has 3 heterocycles. The molecule has 8 heteroatoms. The minimum Gasteiger partial charge on any atom is -0.353 e. The third-order valence-electron chi connectivity index (χ3n) is 5.67. The summed E-state index contributed by atoms with van der Waals surface area (Å²) in [7, 11) is 0. The highest BCUT2D eigenvalue weighted by Crippen LogP contribution is 2.20. The van der Waals surface area contributed by atoms with Crippen molar-refractivity contribution in [1.29, 1.82) is 0 Å². The Balaban J connectivity index is 1.40. The molecule has 2 amide bonds. The van der Waals surface area contributed by atoms with Crippen molar-refractivity contribution >= 4 is 17.5 Å². The lowest BCUT2D eigenvalue weighted by atomic mass is 10.1. The molecule has 1 N–H and O–H groups in total. The van der Waals surface area contributed by atoms with E-state index in [4.69, 9.17) is 0 Å². The van der Waals surface area contributed by atoms with Gasteiger partial charge in [0.2, 0.25) is 0 Å². The lowest BCUT2D eigenvalue weighted by Crippen LogP contribution is -2.50. The van der Waals surface area contributed by atoms with Crippen LogP contribution in [0.15, 0.2) is 43.0 Å². The topological polar surface area (TPSA) is 79.2 Å². The number of urea groups is 1. The number of anilines is 2. The number of aryl methyl sites for hydroxylation is 2. The Morgan fingerprint density at radius 2 is 1.77 bits per heavy atom. The molecule has 1 aliphatic heterocycles. The Morgan fingerprint density at radius 1 is 1.03 bits per heavy atom. The Labute approximate surface area is 176 Å². The van der Waals surface area contributed by atoms with Gasteiger partial charge in [-0.15, -0.1) is 0 Å². The molecule has 1 fully saturated rings. The molecule has 0 atom stereocenters. The molecule has 8 nitrogen and oxygen atoms in total. The molecule has 30 heavy (non-hydrogen) atoms. The molecule has 0 spiro atoms. The summed E-state index contributed by atoms with van der Waals surface area (Å²) in [4.78, 5) is 30.0. The maximum Gasteiger partial charge on any atom is 0.321 e. The lowest BCUT2D eigenvalue weighted by Gasteiger charge is -2.35. The number of nitrogens with zero attached hydrogens (tertiary/aromatic N) is 6. The minimum absolute atomic E-state index is 0.0524. The van der Waals surface area contributed by atoms with Crippen LogP contribution in [0.3, 0.4) is 0 Å². The summed E-state index contributed by atoms with van der Waals surface area (Å²) < 4.78 is 1.97. The zero-order chi connectivity index (χ0) is 21.1. The number of rotatable bonds is 4. The van der Waals surface area contributed by atoms with Gasteiger partial charge in [0.25, 0.3) is 0 Å². The van der Waals surface area contributed by atoms with E-state index in [0.29, 0.717) is 13.1 Å². The highest BCUT2D eigenvalue weighted by atomic mass is 16.2. The van der Waals surface area contributed by atoms with E-state index >= 15 is 0 Å². The highest BCUT2D eigenvalue weighted by Gasteiger charge is 2.23. The van der Waals surface area contributed by atoms with E-state index in [-0.39, 0.29) is 6.03 Å². The molecule has 1 aromatic carbocycles. The number of carbonyl (C=O) groups is 1. The molecule has 0 unspecified atom stereocenters. The van der Waals surface area contributed by atoms with Gasteiger partial charge in [-0.2, -0.15) is 0 Å². The zero-order valence-electron chi connectivity index (χ0n) is 17.7. The summed E-state index contributed by atoms with van der Waals surface area (Å²) >= 11 is 0. The van der Waals surface area contributed by atoms with Crippen LogP contribution < -0.4 is 10.2 Å². The van der Waals surface area contributed by atoms with Crippen molar-refractivity contribution in [2.75, 3.05) is 36.4 Å². The van der Waals surface area contributed by atoms with Crippen LogP contribution in [0.2, 0.25) is 0 Å². The average Bonchev–Trinajstić information content (AvgIpc) is 3.12. The number of nitrogens with one attached hydrogen (secondary N) is 1. The fourth-order valence-corrected chi connectivity index (χ4v) is 3.65. The second-order valence-corrected chi connectivity index (χ2v) is 7.43. The number of carbonyl (C=O) groups excluding carboxylic acids is 1. The Kier molecular flexibility index (Phi) is 5.65. The summed E-state index contributed by atoms with van der Waals surface area (Å²) in [6, 6.07) is 9.86. The van der Waals surface area contributed by atoms with E-state index in [2.05, 4.69) is 32.1 Å². The summed E-state index contributed by atoms with van der Waals surface area (Å²) in [6.45, 7) is 8.83. The SMILES string of the molecule is CCc1ccccc1NC(=O)N1CCN(c2cc(-n3cnc(C)c3C)ncn2)CC1. The monoisotopic (exact) mass is 405 g/mol. The van der Waals surface area contributed by atoms with Gasteiger partial charge in [0.1, 0.15) is 24.3 Å². The van der Waals surface area contributed by atoms with Crippen LogP contribution in [0, 0.1) is 13.8 Å². The van der Waals surface area contributed by atoms with Crippen molar-refractivity contribution in [3.8, 4) is 5.82 Å². The summed E-state index contributed by atoms with van der Waals surface area (Å²) in [5.41, 5.74) is 4.08. The number of piperazine rings is 1. The fraction of sp³-hybridized carbons (Fsp3) is 0.364. The Morgan fingerprint density at radius 3 is 2.47 bits per heavy atom. The number of para-hydroxylation sites is 1. The van der Waals surface area contributed by atoms with Gasteiger partial charge in [0, 0.05) is 43.6 Å². The number of imidazole rings is 1. The fourth-order valence-electron chi connectivity index (χ4n) is 3.65. The predicted octanol–water partition coefficient (Wildman–Crippen LogP) is 3.20. The van der Waals surface area contributed by atoms with E-state index < -0.39 is 0 Å². The van der Waals surface area contributed by atoms with Crippen molar-refractivity contribution in [3.05, 3.63) is 59.9 Å². The van der Waals surface area contributed by atoms with Crippen LogP contribution in [0.4, 0.5) is 16.3 Å². The van der Waals surface area contributed by atoms with E-state index in [9.17, 15) is 4.79 Å². The van der Waals surface area contributed by atoms with Crippen LogP contribution in [0.25, 0.3) is 5.82 Å². The molecule has 1 saturated heterocycles. The second kappa shape index (κ2) is 8.52. The number of aromatic nitrogens is 4. The van der Waals surface area contributed by atoms with Crippen molar-refractivity contribution in [2.24, 2.45) is 0 Å². The van der Waals surface area contributed by atoms with Crippen LogP contribution in [0.1, 0.15) is 23.9 Å².